The molecule has 2 atom stereocenters. The first-order valence-corrected chi connectivity index (χ1v) is 7.37. The van der Waals surface area contributed by atoms with E-state index in [9.17, 15) is 4.79 Å². The number of amides is 1. The van der Waals surface area contributed by atoms with Crippen LogP contribution in [0.5, 0.6) is 0 Å². The lowest BCUT2D eigenvalue weighted by molar-refractivity contribution is -0.114. The van der Waals surface area contributed by atoms with Crippen molar-refractivity contribution in [2.24, 2.45) is 0 Å². The van der Waals surface area contributed by atoms with E-state index in [0.717, 1.165) is 16.9 Å². The van der Waals surface area contributed by atoms with E-state index in [-0.39, 0.29) is 5.91 Å². The predicted octanol–water partition coefficient (Wildman–Crippen LogP) is 3.26. The monoisotopic (exact) mass is 264 g/mol. The Balaban J connectivity index is 2.11. The summed E-state index contributed by atoms with van der Waals surface area (Å²) in [5.74, 6) is 1.20. The third-order valence-electron chi connectivity index (χ3n) is 3.28. The highest BCUT2D eigenvalue weighted by Crippen LogP contribution is 2.30. The van der Waals surface area contributed by atoms with Crippen LogP contribution in [0, 0.1) is 6.92 Å². The molecule has 3 nitrogen and oxygen atoms in total. The Morgan fingerprint density at radius 2 is 2.22 bits per heavy atom. The lowest BCUT2D eigenvalue weighted by Gasteiger charge is -2.19. The summed E-state index contributed by atoms with van der Waals surface area (Å²) in [6.45, 7) is 5.80. The molecule has 1 aliphatic rings. The smallest absolute Gasteiger partial charge is 0.221 e. The van der Waals surface area contributed by atoms with Crippen LogP contribution in [0.15, 0.2) is 18.2 Å². The molecule has 0 spiro atoms. The van der Waals surface area contributed by atoms with Crippen LogP contribution in [0.3, 0.4) is 0 Å². The van der Waals surface area contributed by atoms with Gasteiger partial charge in [-0.05, 0) is 36.8 Å². The normalized spacial score (nSPS) is 22.8. The molecule has 98 valence electrons. The molecule has 4 heteroatoms. The molecule has 1 amide bonds. The third kappa shape index (κ3) is 3.19. The summed E-state index contributed by atoms with van der Waals surface area (Å²) in [7, 11) is 0. The lowest BCUT2D eigenvalue weighted by Crippen LogP contribution is -2.24. The summed E-state index contributed by atoms with van der Waals surface area (Å²) in [6, 6.07) is 6.67. The summed E-state index contributed by atoms with van der Waals surface area (Å²) in [5.41, 5.74) is 3.07. The van der Waals surface area contributed by atoms with Gasteiger partial charge in [0.05, 0.1) is 0 Å². The molecule has 1 aliphatic heterocycles. The van der Waals surface area contributed by atoms with Crippen molar-refractivity contribution in [1.82, 2.24) is 0 Å². The van der Waals surface area contributed by atoms with Crippen LogP contribution in [-0.2, 0) is 4.79 Å². The largest absolute Gasteiger partial charge is 0.381 e. The first-order chi connectivity index (χ1) is 8.56. The van der Waals surface area contributed by atoms with Crippen molar-refractivity contribution in [3.63, 3.8) is 0 Å². The number of anilines is 2. The second-order valence-electron chi connectivity index (χ2n) is 4.83. The molecular weight excluding hydrogens is 244 g/mol. The van der Waals surface area contributed by atoms with Crippen molar-refractivity contribution in [3.05, 3.63) is 23.8 Å². The molecule has 1 saturated heterocycles. The van der Waals surface area contributed by atoms with Crippen molar-refractivity contribution in [2.45, 2.75) is 38.5 Å². The predicted molar refractivity (Wildman–Crippen MR) is 79.4 cm³/mol. The molecule has 2 N–H and O–H groups in total. The maximum atomic E-state index is 11.1. The number of benzene rings is 1. The number of carbonyl (C=O) groups excluding carboxylic acids is 1. The van der Waals surface area contributed by atoms with Crippen molar-refractivity contribution in [1.29, 1.82) is 0 Å². The molecule has 1 fully saturated rings. The van der Waals surface area contributed by atoms with Crippen LogP contribution in [-0.4, -0.2) is 23.0 Å². The van der Waals surface area contributed by atoms with E-state index in [4.69, 9.17) is 0 Å². The van der Waals surface area contributed by atoms with Crippen molar-refractivity contribution in [2.75, 3.05) is 16.4 Å². The Labute approximate surface area is 113 Å². The SMILES string of the molecule is CC(=O)Nc1cc(NC2CCSC2C)ccc1C. The lowest BCUT2D eigenvalue weighted by atomic mass is 10.1. The number of nitrogens with one attached hydrogen (secondary N) is 2. The summed E-state index contributed by atoms with van der Waals surface area (Å²) < 4.78 is 0. The number of carbonyl (C=O) groups is 1. The van der Waals surface area contributed by atoms with E-state index in [1.54, 1.807) is 0 Å². The summed E-state index contributed by atoms with van der Waals surface area (Å²) in [5, 5.41) is 7.07. The van der Waals surface area contributed by atoms with Crippen LogP contribution in [0.1, 0.15) is 25.8 Å². The minimum atomic E-state index is -0.0277. The van der Waals surface area contributed by atoms with Gasteiger partial charge < -0.3 is 10.6 Å². The molecule has 0 saturated carbocycles. The van der Waals surface area contributed by atoms with Gasteiger partial charge in [-0.2, -0.15) is 11.8 Å². The Hall–Kier alpha value is -1.16. The highest BCUT2D eigenvalue weighted by Gasteiger charge is 2.23. The minimum Gasteiger partial charge on any atom is -0.381 e. The van der Waals surface area contributed by atoms with Gasteiger partial charge >= 0.3 is 0 Å². The average molecular weight is 264 g/mol. The summed E-state index contributed by atoms with van der Waals surface area (Å²) >= 11 is 2.01. The van der Waals surface area contributed by atoms with Gasteiger partial charge in [0.2, 0.25) is 5.91 Å². The Kier molecular flexibility index (Phi) is 4.17. The highest BCUT2D eigenvalue weighted by molar-refractivity contribution is 8.00. The van der Waals surface area contributed by atoms with Gasteiger partial charge in [-0.3, -0.25) is 4.79 Å². The number of thioether (sulfide) groups is 1. The molecular formula is C14H20N2OS. The molecule has 18 heavy (non-hydrogen) atoms. The average Bonchev–Trinajstić information content (AvgIpc) is 2.69. The number of aryl methyl sites for hydroxylation is 1. The Morgan fingerprint density at radius 3 is 2.83 bits per heavy atom. The minimum absolute atomic E-state index is 0.0277. The zero-order valence-electron chi connectivity index (χ0n) is 11.1. The van der Waals surface area contributed by atoms with E-state index < -0.39 is 0 Å². The zero-order valence-corrected chi connectivity index (χ0v) is 11.9. The van der Waals surface area contributed by atoms with E-state index in [2.05, 4.69) is 23.6 Å². The van der Waals surface area contributed by atoms with Gasteiger partial charge in [-0.15, -0.1) is 0 Å². The number of hydrogen-bond acceptors (Lipinski definition) is 3. The van der Waals surface area contributed by atoms with Gasteiger partial charge in [0.1, 0.15) is 0 Å². The van der Waals surface area contributed by atoms with Gasteiger partial charge in [0.25, 0.3) is 0 Å². The highest BCUT2D eigenvalue weighted by atomic mass is 32.2. The van der Waals surface area contributed by atoms with Crippen LogP contribution in [0.25, 0.3) is 0 Å². The quantitative estimate of drug-likeness (QED) is 0.880. The first-order valence-electron chi connectivity index (χ1n) is 6.32. The fourth-order valence-electron chi connectivity index (χ4n) is 2.17. The molecule has 1 heterocycles. The Bertz CT molecular complexity index is 447. The van der Waals surface area contributed by atoms with Gasteiger partial charge in [-0.25, -0.2) is 0 Å². The van der Waals surface area contributed by atoms with E-state index >= 15 is 0 Å². The second-order valence-corrected chi connectivity index (χ2v) is 6.31. The fourth-order valence-corrected chi connectivity index (χ4v) is 3.37. The Morgan fingerprint density at radius 1 is 1.44 bits per heavy atom. The topological polar surface area (TPSA) is 41.1 Å². The van der Waals surface area contributed by atoms with Crippen LogP contribution in [0.2, 0.25) is 0 Å². The van der Waals surface area contributed by atoms with Gasteiger partial charge in [0.15, 0.2) is 0 Å². The molecule has 0 radical (unpaired) electrons. The van der Waals surface area contributed by atoms with Crippen LogP contribution >= 0.6 is 11.8 Å². The molecule has 0 aromatic heterocycles. The molecule has 0 bridgehead atoms. The van der Waals surface area contributed by atoms with Crippen LogP contribution < -0.4 is 10.6 Å². The maximum absolute atomic E-state index is 11.1. The molecule has 1 aromatic carbocycles. The van der Waals surface area contributed by atoms with Gasteiger partial charge in [-0.1, -0.05) is 13.0 Å². The molecule has 0 aliphatic carbocycles. The van der Waals surface area contributed by atoms with Crippen molar-refractivity contribution in [3.8, 4) is 0 Å². The summed E-state index contributed by atoms with van der Waals surface area (Å²) in [6.07, 6.45) is 1.20. The van der Waals surface area contributed by atoms with Crippen molar-refractivity contribution < 1.29 is 4.79 Å². The van der Waals surface area contributed by atoms with Crippen LogP contribution in [0.4, 0.5) is 11.4 Å². The van der Waals surface area contributed by atoms with Crippen molar-refractivity contribution >= 4 is 29.0 Å². The third-order valence-corrected chi connectivity index (χ3v) is 4.60. The number of hydrogen-bond donors (Lipinski definition) is 2. The molecule has 1 aromatic rings. The van der Waals surface area contributed by atoms with E-state index in [0.29, 0.717) is 11.3 Å². The first kappa shape index (κ1) is 13.3. The van der Waals surface area contributed by atoms with E-state index in [1.165, 1.54) is 19.1 Å². The maximum Gasteiger partial charge on any atom is 0.221 e. The zero-order chi connectivity index (χ0) is 13.1. The summed E-state index contributed by atoms with van der Waals surface area (Å²) in [4.78, 5) is 11.1. The van der Waals surface area contributed by atoms with Gasteiger partial charge in [0, 0.05) is 29.6 Å². The number of rotatable bonds is 3. The fraction of sp³-hybridized carbons (Fsp3) is 0.500. The second kappa shape index (κ2) is 5.65. The molecule has 2 rings (SSSR count). The molecule has 2 unspecified atom stereocenters. The standard InChI is InChI=1S/C14H20N2OS/c1-9-4-5-12(8-14(9)15-11(3)17)16-13-6-7-18-10(13)2/h4-5,8,10,13,16H,6-7H2,1-3H3,(H,15,17). The van der Waals surface area contributed by atoms with E-state index in [1.807, 2.05) is 30.8 Å².